The van der Waals surface area contributed by atoms with Crippen LogP contribution in [0.25, 0.3) is 0 Å². The van der Waals surface area contributed by atoms with Crippen molar-refractivity contribution < 1.29 is 4.39 Å². The first kappa shape index (κ1) is 9.37. The molecule has 1 aromatic rings. The highest BCUT2D eigenvalue weighted by Gasteiger charge is 2.27. The number of hydrogen-bond donors (Lipinski definition) is 0. The molecule has 4 heteroatoms. The second-order valence-electron chi connectivity index (χ2n) is 4.04. The zero-order chi connectivity index (χ0) is 10.1. The first-order valence-corrected chi connectivity index (χ1v) is 4.91. The minimum absolute atomic E-state index is 0.444. The van der Waals surface area contributed by atoms with Gasteiger partial charge in [-0.15, -0.1) is 0 Å². The molecule has 0 amide bonds. The van der Waals surface area contributed by atoms with E-state index < -0.39 is 5.95 Å². The van der Waals surface area contributed by atoms with E-state index in [0.717, 1.165) is 13.0 Å². The van der Waals surface area contributed by atoms with Crippen LogP contribution in [0.2, 0.25) is 0 Å². The number of nitrogens with zero attached hydrogens (tertiary/aromatic N) is 3. The molecule has 1 aliphatic rings. The average molecular weight is 195 g/mol. The Morgan fingerprint density at radius 1 is 1.43 bits per heavy atom. The van der Waals surface area contributed by atoms with Gasteiger partial charge >= 0.3 is 0 Å². The fourth-order valence-corrected chi connectivity index (χ4v) is 2.10. The molecule has 1 aliphatic heterocycles. The predicted octanol–water partition coefficient (Wildman–Crippen LogP) is 1.85. The van der Waals surface area contributed by atoms with Crippen molar-refractivity contribution in [3.05, 3.63) is 18.3 Å². The second kappa shape index (κ2) is 3.52. The van der Waals surface area contributed by atoms with Gasteiger partial charge in [-0.1, -0.05) is 6.92 Å². The summed E-state index contributed by atoms with van der Waals surface area (Å²) >= 11 is 0. The zero-order valence-electron chi connectivity index (χ0n) is 8.44. The lowest BCUT2D eigenvalue weighted by molar-refractivity contribution is 0.577. The molecule has 1 saturated heterocycles. The summed E-state index contributed by atoms with van der Waals surface area (Å²) < 4.78 is 12.9. The summed E-state index contributed by atoms with van der Waals surface area (Å²) in [7, 11) is 0. The minimum atomic E-state index is -0.457. The van der Waals surface area contributed by atoms with E-state index >= 15 is 0 Å². The van der Waals surface area contributed by atoms with Gasteiger partial charge in [-0.3, -0.25) is 0 Å². The molecule has 0 aliphatic carbocycles. The molecule has 0 spiro atoms. The SMILES string of the molecule is CC1CC(C)N(c2cc(F)ncn2)C1. The molecule has 1 fully saturated rings. The highest BCUT2D eigenvalue weighted by Crippen LogP contribution is 2.26. The maximum absolute atomic E-state index is 12.9. The Balaban J connectivity index is 2.23. The van der Waals surface area contributed by atoms with Gasteiger partial charge in [0, 0.05) is 18.7 Å². The highest BCUT2D eigenvalue weighted by atomic mass is 19.1. The summed E-state index contributed by atoms with van der Waals surface area (Å²) in [6, 6.07) is 1.84. The summed E-state index contributed by atoms with van der Waals surface area (Å²) in [4.78, 5) is 9.67. The number of rotatable bonds is 1. The monoisotopic (exact) mass is 195 g/mol. The Labute approximate surface area is 83.0 Å². The van der Waals surface area contributed by atoms with Crippen LogP contribution in [0.5, 0.6) is 0 Å². The molecule has 2 unspecified atom stereocenters. The lowest BCUT2D eigenvalue weighted by Crippen LogP contribution is -2.27. The predicted molar refractivity (Wildman–Crippen MR) is 52.6 cm³/mol. The molecule has 3 nitrogen and oxygen atoms in total. The molecular formula is C10H14FN3. The fraction of sp³-hybridized carbons (Fsp3) is 0.600. The fourth-order valence-electron chi connectivity index (χ4n) is 2.10. The van der Waals surface area contributed by atoms with Crippen molar-refractivity contribution in [2.75, 3.05) is 11.4 Å². The van der Waals surface area contributed by atoms with E-state index in [4.69, 9.17) is 0 Å². The third-order valence-electron chi connectivity index (χ3n) is 2.70. The van der Waals surface area contributed by atoms with E-state index in [9.17, 15) is 4.39 Å². The summed E-state index contributed by atoms with van der Waals surface area (Å²) in [5.41, 5.74) is 0. The van der Waals surface area contributed by atoms with Crippen LogP contribution in [0.3, 0.4) is 0 Å². The van der Waals surface area contributed by atoms with Gasteiger partial charge in [0.1, 0.15) is 12.1 Å². The lowest BCUT2D eigenvalue weighted by Gasteiger charge is -2.21. The maximum Gasteiger partial charge on any atom is 0.218 e. The largest absolute Gasteiger partial charge is 0.353 e. The van der Waals surface area contributed by atoms with Crippen LogP contribution in [0.4, 0.5) is 10.2 Å². The minimum Gasteiger partial charge on any atom is -0.353 e. The first-order chi connectivity index (χ1) is 6.66. The quantitative estimate of drug-likeness (QED) is 0.640. The van der Waals surface area contributed by atoms with Gasteiger partial charge < -0.3 is 4.90 Å². The normalized spacial score (nSPS) is 26.9. The molecule has 1 aromatic heterocycles. The van der Waals surface area contributed by atoms with Gasteiger partial charge in [0.2, 0.25) is 5.95 Å². The van der Waals surface area contributed by atoms with Gasteiger partial charge in [0.25, 0.3) is 0 Å². The third kappa shape index (κ3) is 1.69. The van der Waals surface area contributed by atoms with E-state index in [-0.39, 0.29) is 0 Å². The standard InChI is InChI=1S/C10H14FN3/c1-7-3-8(2)14(5-7)10-4-9(11)12-6-13-10/h4,6-8H,3,5H2,1-2H3. The van der Waals surface area contributed by atoms with Crippen LogP contribution in [-0.2, 0) is 0 Å². The van der Waals surface area contributed by atoms with Crippen molar-refractivity contribution in [3.8, 4) is 0 Å². The molecule has 0 radical (unpaired) electrons. The van der Waals surface area contributed by atoms with Crippen LogP contribution >= 0.6 is 0 Å². The average Bonchev–Trinajstić information content (AvgIpc) is 2.45. The molecule has 0 bridgehead atoms. The molecule has 14 heavy (non-hydrogen) atoms. The molecule has 2 heterocycles. The van der Waals surface area contributed by atoms with Crippen molar-refractivity contribution >= 4 is 5.82 Å². The molecule has 2 atom stereocenters. The van der Waals surface area contributed by atoms with Crippen LogP contribution in [0, 0.1) is 11.9 Å². The van der Waals surface area contributed by atoms with E-state index in [2.05, 4.69) is 28.7 Å². The van der Waals surface area contributed by atoms with Crippen LogP contribution in [0.15, 0.2) is 12.4 Å². The Morgan fingerprint density at radius 2 is 2.21 bits per heavy atom. The highest BCUT2D eigenvalue weighted by molar-refractivity contribution is 5.39. The van der Waals surface area contributed by atoms with E-state index in [0.29, 0.717) is 17.8 Å². The lowest BCUT2D eigenvalue weighted by atomic mass is 10.1. The molecule has 0 saturated carbocycles. The molecular weight excluding hydrogens is 181 g/mol. The molecule has 2 rings (SSSR count). The summed E-state index contributed by atoms with van der Waals surface area (Å²) in [5.74, 6) is 0.902. The van der Waals surface area contributed by atoms with Crippen molar-refractivity contribution in [3.63, 3.8) is 0 Å². The van der Waals surface area contributed by atoms with Gasteiger partial charge in [-0.25, -0.2) is 9.97 Å². The van der Waals surface area contributed by atoms with Gasteiger partial charge in [0.15, 0.2) is 0 Å². The van der Waals surface area contributed by atoms with Crippen LogP contribution in [0.1, 0.15) is 20.3 Å². The Morgan fingerprint density at radius 3 is 2.79 bits per heavy atom. The van der Waals surface area contributed by atoms with E-state index in [1.165, 1.54) is 12.4 Å². The second-order valence-corrected chi connectivity index (χ2v) is 4.04. The number of hydrogen-bond acceptors (Lipinski definition) is 3. The smallest absolute Gasteiger partial charge is 0.218 e. The number of halogens is 1. The van der Waals surface area contributed by atoms with E-state index in [1.807, 2.05) is 0 Å². The topological polar surface area (TPSA) is 29.0 Å². The van der Waals surface area contributed by atoms with Crippen molar-refractivity contribution in [2.24, 2.45) is 5.92 Å². The van der Waals surface area contributed by atoms with Gasteiger partial charge in [0.05, 0.1) is 0 Å². The number of anilines is 1. The van der Waals surface area contributed by atoms with E-state index in [1.54, 1.807) is 0 Å². The van der Waals surface area contributed by atoms with Crippen LogP contribution < -0.4 is 4.90 Å². The van der Waals surface area contributed by atoms with Crippen molar-refractivity contribution in [2.45, 2.75) is 26.3 Å². The molecule has 0 aromatic carbocycles. The van der Waals surface area contributed by atoms with Crippen LogP contribution in [-0.4, -0.2) is 22.6 Å². The summed E-state index contributed by atoms with van der Waals surface area (Å²) in [5, 5.41) is 0. The molecule has 0 N–H and O–H groups in total. The zero-order valence-corrected chi connectivity index (χ0v) is 8.44. The van der Waals surface area contributed by atoms with Crippen molar-refractivity contribution in [1.29, 1.82) is 0 Å². The third-order valence-corrected chi connectivity index (χ3v) is 2.70. The van der Waals surface area contributed by atoms with Crippen molar-refractivity contribution in [1.82, 2.24) is 9.97 Å². The Bertz CT molecular complexity index is 329. The van der Waals surface area contributed by atoms with Gasteiger partial charge in [-0.05, 0) is 19.3 Å². The summed E-state index contributed by atoms with van der Waals surface area (Å²) in [6.07, 6.45) is 2.42. The summed E-state index contributed by atoms with van der Waals surface area (Å²) in [6.45, 7) is 5.30. The molecule has 76 valence electrons. The van der Waals surface area contributed by atoms with Gasteiger partial charge in [-0.2, -0.15) is 4.39 Å². The maximum atomic E-state index is 12.9. The first-order valence-electron chi connectivity index (χ1n) is 4.91. The number of aromatic nitrogens is 2. The Hall–Kier alpha value is -1.19. The Kier molecular flexibility index (Phi) is 2.35.